The molecule has 0 aromatic heterocycles. The Bertz CT molecular complexity index is 513. The van der Waals surface area contributed by atoms with E-state index in [4.69, 9.17) is 0 Å². The zero-order chi connectivity index (χ0) is 16.3. The zero-order valence-electron chi connectivity index (χ0n) is 14.5. The van der Waals surface area contributed by atoms with Crippen LogP contribution in [0.25, 0.3) is 0 Å². The number of hydrogen-bond acceptors (Lipinski definition) is 3. The van der Waals surface area contributed by atoms with E-state index in [9.17, 15) is 4.79 Å². The van der Waals surface area contributed by atoms with Crippen molar-refractivity contribution in [2.75, 3.05) is 38.6 Å². The maximum Gasteiger partial charge on any atom is 0.256 e. The van der Waals surface area contributed by atoms with Gasteiger partial charge in [-0.2, -0.15) is 0 Å². The van der Waals surface area contributed by atoms with Crippen molar-refractivity contribution in [2.24, 2.45) is 0 Å². The SMILES string of the molecule is CC[C@@H]1CN(C(=O)c2ccccc2N(C)C)CCN1C(C)C. The quantitative estimate of drug-likeness (QED) is 0.855. The van der Waals surface area contributed by atoms with Gasteiger partial charge in [0.1, 0.15) is 0 Å². The van der Waals surface area contributed by atoms with E-state index in [1.807, 2.05) is 48.2 Å². The normalized spacial score (nSPS) is 19.5. The predicted molar refractivity (Wildman–Crippen MR) is 92.6 cm³/mol. The summed E-state index contributed by atoms with van der Waals surface area (Å²) in [5.74, 6) is 0.158. The third-order valence-corrected chi connectivity index (χ3v) is 4.57. The van der Waals surface area contributed by atoms with Crippen LogP contribution in [0.1, 0.15) is 37.6 Å². The van der Waals surface area contributed by atoms with Crippen LogP contribution < -0.4 is 4.90 Å². The van der Waals surface area contributed by atoms with E-state index in [2.05, 4.69) is 25.7 Å². The van der Waals surface area contributed by atoms with E-state index < -0.39 is 0 Å². The van der Waals surface area contributed by atoms with Gasteiger partial charge in [0.05, 0.1) is 5.56 Å². The number of para-hydroxylation sites is 1. The summed E-state index contributed by atoms with van der Waals surface area (Å²) < 4.78 is 0. The van der Waals surface area contributed by atoms with Crippen molar-refractivity contribution < 1.29 is 4.79 Å². The molecule has 0 saturated carbocycles. The predicted octanol–water partition coefficient (Wildman–Crippen LogP) is 2.70. The van der Waals surface area contributed by atoms with Crippen molar-refractivity contribution >= 4 is 11.6 Å². The summed E-state index contributed by atoms with van der Waals surface area (Å²) in [5.41, 5.74) is 1.80. The van der Waals surface area contributed by atoms with Gasteiger partial charge in [0.15, 0.2) is 0 Å². The molecule has 0 spiro atoms. The number of carbonyl (C=O) groups excluding carboxylic acids is 1. The zero-order valence-corrected chi connectivity index (χ0v) is 14.5. The molecule has 1 aromatic rings. The third kappa shape index (κ3) is 3.43. The summed E-state index contributed by atoms with van der Waals surface area (Å²) in [4.78, 5) is 19.5. The molecule has 1 atom stereocenters. The number of hydrogen-bond donors (Lipinski definition) is 0. The van der Waals surface area contributed by atoms with Crippen LogP contribution in [0, 0.1) is 0 Å². The number of benzene rings is 1. The molecule has 2 rings (SSSR count). The maximum atomic E-state index is 12.9. The summed E-state index contributed by atoms with van der Waals surface area (Å²) in [7, 11) is 3.97. The van der Waals surface area contributed by atoms with E-state index in [0.717, 1.165) is 37.3 Å². The van der Waals surface area contributed by atoms with Gasteiger partial charge in [-0.15, -0.1) is 0 Å². The first-order valence-corrected chi connectivity index (χ1v) is 8.27. The molecule has 1 heterocycles. The summed E-state index contributed by atoms with van der Waals surface area (Å²) in [5, 5.41) is 0. The molecule has 0 N–H and O–H groups in total. The van der Waals surface area contributed by atoms with E-state index in [1.165, 1.54) is 0 Å². The number of nitrogens with zero attached hydrogens (tertiary/aromatic N) is 3. The molecule has 122 valence electrons. The highest BCUT2D eigenvalue weighted by atomic mass is 16.2. The van der Waals surface area contributed by atoms with Crippen LogP contribution in [-0.2, 0) is 0 Å². The van der Waals surface area contributed by atoms with Gasteiger partial charge >= 0.3 is 0 Å². The lowest BCUT2D eigenvalue weighted by Crippen LogP contribution is -2.56. The fourth-order valence-electron chi connectivity index (χ4n) is 3.31. The van der Waals surface area contributed by atoms with Gasteiger partial charge in [0.2, 0.25) is 0 Å². The Morgan fingerprint density at radius 2 is 1.95 bits per heavy atom. The molecule has 0 unspecified atom stereocenters. The topological polar surface area (TPSA) is 26.8 Å². The number of piperazine rings is 1. The molecule has 22 heavy (non-hydrogen) atoms. The minimum absolute atomic E-state index is 0.158. The first-order chi connectivity index (χ1) is 10.5. The Hall–Kier alpha value is -1.55. The highest BCUT2D eigenvalue weighted by Gasteiger charge is 2.30. The molecule has 1 aromatic carbocycles. The molecular formula is C18H29N3O. The summed E-state index contributed by atoms with van der Waals surface area (Å²) in [6.45, 7) is 9.29. The second kappa shape index (κ2) is 7.14. The molecule has 1 saturated heterocycles. The van der Waals surface area contributed by atoms with Gasteiger partial charge in [-0.05, 0) is 32.4 Å². The average Bonchev–Trinajstić information content (AvgIpc) is 2.53. The van der Waals surface area contributed by atoms with Crippen LogP contribution in [-0.4, -0.2) is 61.5 Å². The number of rotatable bonds is 4. The number of carbonyl (C=O) groups is 1. The molecule has 1 fully saturated rings. The lowest BCUT2D eigenvalue weighted by molar-refractivity contribution is 0.0372. The Morgan fingerprint density at radius 1 is 1.27 bits per heavy atom. The fourth-order valence-corrected chi connectivity index (χ4v) is 3.31. The van der Waals surface area contributed by atoms with Crippen LogP contribution in [0.5, 0.6) is 0 Å². The fraction of sp³-hybridized carbons (Fsp3) is 0.611. The van der Waals surface area contributed by atoms with Gasteiger partial charge in [-0.25, -0.2) is 0 Å². The van der Waals surface area contributed by atoms with Gasteiger partial charge in [0.25, 0.3) is 5.91 Å². The van der Waals surface area contributed by atoms with Crippen LogP contribution in [0.3, 0.4) is 0 Å². The molecule has 1 aliphatic heterocycles. The van der Waals surface area contributed by atoms with E-state index in [0.29, 0.717) is 12.1 Å². The second-order valence-corrected chi connectivity index (χ2v) is 6.56. The van der Waals surface area contributed by atoms with Crippen LogP contribution in [0.15, 0.2) is 24.3 Å². The average molecular weight is 303 g/mol. The summed E-state index contributed by atoms with van der Waals surface area (Å²) in [6.07, 6.45) is 1.08. The van der Waals surface area contributed by atoms with E-state index in [1.54, 1.807) is 0 Å². The van der Waals surface area contributed by atoms with Crippen LogP contribution in [0.2, 0.25) is 0 Å². The van der Waals surface area contributed by atoms with E-state index >= 15 is 0 Å². The van der Waals surface area contributed by atoms with Gasteiger partial charge in [-0.1, -0.05) is 19.1 Å². The molecular weight excluding hydrogens is 274 g/mol. The first-order valence-electron chi connectivity index (χ1n) is 8.27. The maximum absolute atomic E-state index is 12.9. The van der Waals surface area contributed by atoms with E-state index in [-0.39, 0.29) is 5.91 Å². The second-order valence-electron chi connectivity index (χ2n) is 6.56. The molecule has 1 amide bonds. The monoisotopic (exact) mass is 303 g/mol. The highest BCUT2D eigenvalue weighted by Crippen LogP contribution is 2.23. The lowest BCUT2D eigenvalue weighted by atomic mass is 10.0. The standard InChI is InChI=1S/C18H29N3O/c1-6-15-13-20(11-12-21(15)14(2)3)18(22)16-9-7-8-10-17(16)19(4)5/h7-10,14-15H,6,11-13H2,1-5H3/t15-/m1/s1. The minimum atomic E-state index is 0.158. The first kappa shape index (κ1) is 16.8. The Kier molecular flexibility index (Phi) is 5.46. The van der Waals surface area contributed by atoms with Crippen molar-refractivity contribution in [3.8, 4) is 0 Å². The van der Waals surface area contributed by atoms with Crippen molar-refractivity contribution in [3.05, 3.63) is 29.8 Å². The molecule has 1 aliphatic rings. The largest absolute Gasteiger partial charge is 0.377 e. The third-order valence-electron chi connectivity index (χ3n) is 4.57. The van der Waals surface area contributed by atoms with Crippen molar-refractivity contribution in [2.45, 2.75) is 39.3 Å². The molecule has 0 bridgehead atoms. The molecule has 0 aliphatic carbocycles. The highest BCUT2D eigenvalue weighted by molar-refractivity contribution is 5.99. The summed E-state index contributed by atoms with van der Waals surface area (Å²) >= 11 is 0. The Morgan fingerprint density at radius 3 is 2.55 bits per heavy atom. The number of anilines is 1. The van der Waals surface area contributed by atoms with Crippen LogP contribution in [0.4, 0.5) is 5.69 Å². The van der Waals surface area contributed by atoms with Crippen molar-refractivity contribution in [3.63, 3.8) is 0 Å². The van der Waals surface area contributed by atoms with Gasteiger partial charge < -0.3 is 9.80 Å². The molecule has 4 heteroatoms. The van der Waals surface area contributed by atoms with Crippen LogP contribution >= 0.6 is 0 Å². The van der Waals surface area contributed by atoms with Crippen molar-refractivity contribution in [1.29, 1.82) is 0 Å². The van der Waals surface area contributed by atoms with Gasteiger partial charge in [0, 0.05) is 51.5 Å². The Balaban J connectivity index is 2.18. The number of amides is 1. The minimum Gasteiger partial charge on any atom is -0.377 e. The smallest absolute Gasteiger partial charge is 0.256 e. The Labute approximate surface area is 134 Å². The molecule has 0 radical (unpaired) electrons. The van der Waals surface area contributed by atoms with Gasteiger partial charge in [-0.3, -0.25) is 9.69 Å². The van der Waals surface area contributed by atoms with Crippen molar-refractivity contribution in [1.82, 2.24) is 9.80 Å². The molecule has 4 nitrogen and oxygen atoms in total. The summed E-state index contributed by atoms with van der Waals surface area (Å²) in [6, 6.07) is 8.88. The lowest BCUT2D eigenvalue weighted by Gasteiger charge is -2.43.